The summed E-state index contributed by atoms with van der Waals surface area (Å²) in [5.74, 6) is 0. The Balaban J connectivity index is 2.22. The molecule has 0 heterocycles. The van der Waals surface area contributed by atoms with Gasteiger partial charge in [0.25, 0.3) is 0 Å². The Morgan fingerprint density at radius 1 is 1.00 bits per heavy atom. The molecular formula is C13H19NO. The SMILES string of the molecule is CCCCCCCc1ccc(N=O)cc1. The van der Waals surface area contributed by atoms with Crippen LogP contribution in [0.4, 0.5) is 5.69 Å². The van der Waals surface area contributed by atoms with Gasteiger partial charge in [-0.1, -0.05) is 44.7 Å². The maximum absolute atomic E-state index is 10.2. The normalized spacial score (nSPS) is 10.2. The van der Waals surface area contributed by atoms with Crippen LogP contribution in [0.25, 0.3) is 0 Å². The Morgan fingerprint density at radius 2 is 1.67 bits per heavy atom. The number of nitrogens with zero attached hydrogens (tertiary/aromatic N) is 1. The molecule has 0 N–H and O–H groups in total. The Labute approximate surface area is 91.7 Å². The Morgan fingerprint density at radius 3 is 2.27 bits per heavy atom. The predicted molar refractivity (Wildman–Crippen MR) is 64.4 cm³/mol. The standard InChI is InChI=1S/C13H19NO/c1-2-3-4-5-6-7-12-8-10-13(14-15)11-9-12/h8-11H,2-7H2,1H3. The molecule has 1 aromatic rings. The molecular weight excluding hydrogens is 186 g/mol. The summed E-state index contributed by atoms with van der Waals surface area (Å²) >= 11 is 0. The van der Waals surface area contributed by atoms with Crippen molar-refractivity contribution < 1.29 is 0 Å². The van der Waals surface area contributed by atoms with Crippen LogP contribution in [0.5, 0.6) is 0 Å². The van der Waals surface area contributed by atoms with Crippen LogP contribution in [0.2, 0.25) is 0 Å². The van der Waals surface area contributed by atoms with E-state index in [4.69, 9.17) is 0 Å². The lowest BCUT2D eigenvalue weighted by Gasteiger charge is -2.01. The lowest BCUT2D eigenvalue weighted by atomic mass is 10.1. The fourth-order valence-electron chi connectivity index (χ4n) is 1.66. The topological polar surface area (TPSA) is 29.4 Å². The summed E-state index contributed by atoms with van der Waals surface area (Å²) in [7, 11) is 0. The molecule has 0 aliphatic heterocycles. The second-order valence-corrected chi connectivity index (χ2v) is 3.92. The average molecular weight is 205 g/mol. The molecule has 0 fully saturated rings. The number of benzene rings is 1. The van der Waals surface area contributed by atoms with Crippen molar-refractivity contribution in [2.24, 2.45) is 5.18 Å². The van der Waals surface area contributed by atoms with Crippen molar-refractivity contribution in [3.05, 3.63) is 34.7 Å². The first kappa shape index (κ1) is 11.9. The Hall–Kier alpha value is -1.18. The highest BCUT2D eigenvalue weighted by Gasteiger charge is 1.95. The number of aryl methyl sites for hydroxylation is 1. The zero-order valence-corrected chi connectivity index (χ0v) is 9.41. The summed E-state index contributed by atoms with van der Waals surface area (Å²) in [6, 6.07) is 7.57. The van der Waals surface area contributed by atoms with Gasteiger partial charge in [0.1, 0.15) is 5.69 Å². The first-order valence-corrected chi connectivity index (χ1v) is 5.79. The van der Waals surface area contributed by atoms with Crippen LogP contribution in [0.15, 0.2) is 29.4 Å². The van der Waals surface area contributed by atoms with E-state index in [1.165, 1.54) is 37.7 Å². The van der Waals surface area contributed by atoms with Crippen molar-refractivity contribution in [2.75, 3.05) is 0 Å². The van der Waals surface area contributed by atoms with Gasteiger partial charge < -0.3 is 0 Å². The minimum Gasteiger partial charge on any atom is -0.145 e. The molecule has 82 valence electrons. The van der Waals surface area contributed by atoms with Gasteiger partial charge in [0.2, 0.25) is 0 Å². The van der Waals surface area contributed by atoms with Gasteiger partial charge in [0.05, 0.1) is 0 Å². The molecule has 0 aromatic heterocycles. The first-order chi connectivity index (χ1) is 7.36. The van der Waals surface area contributed by atoms with Crippen LogP contribution in [0.3, 0.4) is 0 Å². The smallest absolute Gasteiger partial charge is 0.108 e. The van der Waals surface area contributed by atoms with Crippen LogP contribution < -0.4 is 0 Å². The lowest BCUT2D eigenvalue weighted by molar-refractivity contribution is 0.632. The van der Waals surface area contributed by atoms with E-state index in [9.17, 15) is 4.91 Å². The average Bonchev–Trinajstić information content (AvgIpc) is 2.30. The number of rotatable bonds is 7. The molecule has 0 radical (unpaired) electrons. The number of hydrogen-bond donors (Lipinski definition) is 0. The van der Waals surface area contributed by atoms with Crippen molar-refractivity contribution in [3.8, 4) is 0 Å². The predicted octanol–water partition coefficient (Wildman–Crippen LogP) is 4.60. The molecule has 0 aliphatic rings. The molecule has 0 saturated heterocycles. The quantitative estimate of drug-likeness (QED) is 0.472. The number of nitroso groups, excluding NO2 is 1. The molecule has 0 amide bonds. The fraction of sp³-hybridized carbons (Fsp3) is 0.538. The van der Waals surface area contributed by atoms with E-state index in [1.54, 1.807) is 12.1 Å². The third-order valence-corrected chi connectivity index (χ3v) is 2.61. The van der Waals surface area contributed by atoms with Crippen molar-refractivity contribution in [1.82, 2.24) is 0 Å². The molecule has 0 bridgehead atoms. The first-order valence-electron chi connectivity index (χ1n) is 5.79. The highest BCUT2D eigenvalue weighted by Crippen LogP contribution is 2.14. The molecule has 0 unspecified atom stereocenters. The van der Waals surface area contributed by atoms with Gasteiger partial charge in [-0.15, -0.1) is 4.91 Å². The van der Waals surface area contributed by atoms with Crippen molar-refractivity contribution >= 4 is 5.69 Å². The number of hydrogen-bond acceptors (Lipinski definition) is 2. The molecule has 2 nitrogen and oxygen atoms in total. The summed E-state index contributed by atoms with van der Waals surface area (Å²) in [6.07, 6.45) is 7.64. The summed E-state index contributed by atoms with van der Waals surface area (Å²) in [5.41, 5.74) is 1.82. The van der Waals surface area contributed by atoms with Crippen LogP contribution >= 0.6 is 0 Å². The third kappa shape index (κ3) is 4.73. The van der Waals surface area contributed by atoms with E-state index in [0.29, 0.717) is 5.69 Å². The van der Waals surface area contributed by atoms with Crippen LogP contribution in [0.1, 0.15) is 44.6 Å². The van der Waals surface area contributed by atoms with Crippen LogP contribution in [0, 0.1) is 4.91 Å². The summed E-state index contributed by atoms with van der Waals surface area (Å²) < 4.78 is 0. The van der Waals surface area contributed by atoms with E-state index >= 15 is 0 Å². The highest BCUT2D eigenvalue weighted by atomic mass is 16.3. The lowest BCUT2D eigenvalue weighted by Crippen LogP contribution is -1.85. The van der Waals surface area contributed by atoms with E-state index in [-0.39, 0.29) is 0 Å². The van der Waals surface area contributed by atoms with E-state index in [2.05, 4.69) is 12.1 Å². The molecule has 0 atom stereocenters. The second kappa shape index (κ2) is 7.16. The zero-order valence-electron chi connectivity index (χ0n) is 9.41. The van der Waals surface area contributed by atoms with Gasteiger partial charge in [0.15, 0.2) is 0 Å². The Kier molecular flexibility index (Phi) is 5.67. The zero-order chi connectivity index (χ0) is 10.9. The summed E-state index contributed by atoms with van der Waals surface area (Å²) in [4.78, 5) is 10.2. The van der Waals surface area contributed by atoms with Crippen molar-refractivity contribution in [3.63, 3.8) is 0 Å². The van der Waals surface area contributed by atoms with Gasteiger partial charge in [-0.25, -0.2) is 0 Å². The minimum atomic E-state index is 0.518. The fourth-order valence-corrected chi connectivity index (χ4v) is 1.66. The largest absolute Gasteiger partial charge is 0.145 e. The molecule has 1 aromatic carbocycles. The molecule has 0 saturated carbocycles. The highest BCUT2D eigenvalue weighted by molar-refractivity contribution is 5.38. The van der Waals surface area contributed by atoms with Crippen LogP contribution in [-0.4, -0.2) is 0 Å². The minimum absolute atomic E-state index is 0.518. The van der Waals surface area contributed by atoms with Crippen molar-refractivity contribution in [2.45, 2.75) is 45.4 Å². The second-order valence-electron chi connectivity index (χ2n) is 3.92. The van der Waals surface area contributed by atoms with Gasteiger partial charge in [0, 0.05) is 0 Å². The van der Waals surface area contributed by atoms with Gasteiger partial charge in [-0.3, -0.25) is 0 Å². The molecule has 0 aliphatic carbocycles. The van der Waals surface area contributed by atoms with E-state index in [0.717, 1.165) is 6.42 Å². The van der Waals surface area contributed by atoms with E-state index < -0.39 is 0 Å². The third-order valence-electron chi connectivity index (χ3n) is 2.61. The van der Waals surface area contributed by atoms with Crippen molar-refractivity contribution in [1.29, 1.82) is 0 Å². The van der Waals surface area contributed by atoms with E-state index in [1.807, 2.05) is 12.1 Å². The van der Waals surface area contributed by atoms with Gasteiger partial charge >= 0.3 is 0 Å². The maximum atomic E-state index is 10.2. The maximum Gasteiger partial charge on any atom is 0.108 e. The molecule has 1 rings (SSSR count). The van der Waals surface area contributed by atoms with Gasteiger partial charge in [-0.05, 0) is 35.7 Å². The molecule has 0 spiro atoms. The monoisotopic (exact) mass is 205 g/mol. The summed E-state index contributed by atoms with van der Waals surface area (Å²) in [6.45, 7) is 2.23. The molecule has 15 heavy (non-hydrogen) atoms. The number of unbranched alkanes of at least 4 members (excludes halogenated alkanes) is 4. The summed E-state index contributed by atoms with van der Waals surface area (Å²) in [5, 5.41) is 2.88. The van der Waals surface area contributed by atoms with Gasteiger partial charge in [-0.2, -0.15) is 0 Å². The Bertz CT molecular complexity index is 279. The molecule has 2 heteroatoms. The van der Waals surface area contributed by atoms with Crippen LogP contribution in [-0.2, 0) is 6.42 Å².